The molecule has 22 heavy (non-hydrogen) atoms. The van der Waals surface area contributed by atoms with E-state index in [2.05, 4.69) is 0 Å². The maximum Gasteiger partial charge on any atom is 0.260 e. The van der Waals surface area contributed by atoms with Crippen molar-refractivity contribution in [3.05, 3.63) is 24.3 Å². The summed E-state index contributed by atoms with van der Waals surface area (Å²) in [6.07, 6.45) is -0.887. The highest BCUT2D eigenvalue weighted by Crippen LogP contribution is 2.33. The third kappa shape index (κ3) is 2.74. The van der Waals surface area contributed by atoms with Gasteiger partial charge in [-0.1, -0.05) is 12.1 Å². The third-order valence-electron chi connectivity index (χ3n) is 3.54. The first-order valence-corrected chi connectivity index (χ1v) is 7.92. The second kappa shape index (κ2) is 5.88. The van der Waals surface area contributed by atoms with Crippen LogP contribution in [0.1, 0.15) is 0 Å². The number of nitrogens with zero attached hydrogens (tertiary/aromatic N) is 2. The molecular weight excluding hydrogens is 306 g/mol. The van der Waals surface area contributed by atoms with E-state index < -0.39 is 12.0 Å². The van der Waals surface area contributed by atoms with E-state index in [1.807, 2.05) is 0 Å². The number of carbonyl (C=O) groups is 3. The van der Waals surface area contributed by atoms with Crippen LogP contribution in [0.5, 0.6) is 5.75 Å². The molecule has 7 nitrogen and oxygen atoms in total. The zero-order valence-corrected chi connectivity index (χ0v) is 12.5. The topological polar surface area (TPSA) is 92.9 Å². The lowest BCUT2D eigenvalue weighted by atomic mass is 10.1. The number of para-hydroxylation sites is 2. The average Bonchev–Trinajstić information content (AvgIpc) is 2.91. The monoisotopic (exact) mass is 321 g/mol. The third-order valence-corrected chi connectivity index (χ3v) is 4.49. The Bertz CT molecular complexity index is 636. The van der Waals surface area contributed by atoms with Crippen molar-refractivity contribution in [1.82, 2.24) is 4.90 Å². The lowest BCUT2D eigenvalue weighted by Crippen LogP contribution is -2.51. The second-order valence-electron chi connectivity index (χ2n) is 5.05. The summed E-state index contributed by atoms with van der Waals surface area (Å²) < 4.78 is 5.51. The number of fused-ring (bicyclic) bond motifs is 1. The molecule has 1 fully saturated rings. The zero-order chi connectivity index (χ0) is 15.7. The number of thioether (sulfide) groups is 1. The Balaban J connectivity index is 1.83. The molecule has 2 heterocycles. The van der Waals surface area contributed by atoms with E-state index in [9.17, 15) is 14.4 Å². The van der Waals surface area contributed by atoms with Crippen molar-refractivity contribution in [3.63, 3.8) is 0 Å². The van der Waals surface area contributed by atoms with E-state index in [0.29, 0.717) is 23.1 Å². The lowest BCUT2D eigenvalue weighted by Gasteiger charge is -2.34. The Hall–Kier alpha value is -2.22. The second-order valence-corrected chi connectivity index (χ2v) is 6.01. The van der Waals surface area contributed by atoms with Crippen molar-refractivity contribution < 1.29 is 19.1 Å². The van der Waals surface area contributed by atoms with Crippen LogP contribution in [0.4, 0.5) is 5.69 Å². The number of rotatable bonds is 3. The summed E-state index contributed by atoms with van der Waals surface area (Å²) in [6.45, 7) is 0.0476. The van der Waals surface area contributed by atoms with E-state index >= 15 is 0 Å². The van der Waals surface area contributed by atoms with Crippen molar-refractivity contribution in [2.75, 3.05) is 29.6 Å². The molecule has 0 bridgehead atoms. The molecule has 0 spiro atoms. The fourth-order valence-electron chi connectivity index (χ4n) is 2.41. The van der Waals surface area contributed by atoms with Crippen LogP contribution in [0.15, 0.2) is 24.3 Å². The SMILES string of the molecule is NC(=O)[C@@H]1CN(C(=O)CN2CSCC2=O)c2ccccc2O1. The fourth-order valence-corrected chi connectivity index (χ4v) is 3.31. The number of hydrogen-bond donors (Lipinski definition) is 1. The Morgan fingerprint density at radius 3 is 2.82 bits per heavy atom. The van der Waals surface area contributed by atoms with Gasteiger partial charge in [0.05, 0.1) is 23.9 Å². The molecule has 2 aliphatic heterocycles. The molecule has 1 aromatic carbocycles. The summed E-state index contributed by atoms with van der Waals surface area (Å²) in [6, 6.07) is 6.96. The van der Waals surface area contributed by atoms with Gasteiger partial charge in [-0.25, -0.2) is 0 Å². The standard InChI is InChI=1S/C14H15N3O4S/c15-14(20)11-5-17(9-3-1-2-4-10(9)21-11)12(18)6-16-8-22-7-13(16)19/h1-4,11H,5-8H2,(H2,15,20)/t11-/m0/s1. The maximum absolute atomic E-state index is 12.5. The van der Waals surface area contributed by atoms with E-state index in [0.717, 1.165) is 0 Å². The Morgan fingerprint density at radius 2 is 2.14 bits per heavy atom. The van der Waals surface area contributed by atoms with Crippen molar-refractivity contribution in [2.24, 2.45) is 5.73 Å². The summed E-state index contributed by atoms with van der Waals surface area (Å²) in [7, 11) is 0. The van der Waals surface area contributed by atoms with E-state index in [1.54, 1.807) is 24.3 Å². The number of benzene rings is 1. The normalized spacial score (nSPS) is 20.5. The molecule has 0 radical (unpaired) electrons. The highest BCUT2D eigenvalue weighted by atomic mass is 32.2. The van der Waals surface area contributed by atoms with Crippen LogP contribution in [-0.4, -0.2) is 53.4 Å². The number of carbonyl (C=O) groups excluding carboxylic acids is 3. The fraction of sp³-hybridized carbons (Fsp3) is 0.357. The maximum atomic E-state index is 12.5. The number of anilines is 1. The Labute approximate surface area is 131 Å². The van der Waals surface area contributed by atoms with Crippen LogP contribution in [0, 0.1) is 0 Å². The zero-order valence-electron chi connectivity index (χ0n) is 11.7. The van der Waals surface area contributed by atoms with Crippen LogP contribution < -0.4 is 15.4 Å². The molecule has 0 aliphatic carbocycles. The van der Waals surface area contributed by atoms with Gasteiger partial charge < -0.3 is 20.3 Å². The van der Waals surface area contributed by atoms with Crippen LogP contribution in [0.3, 0.4) is 0 Å². The molecule has 8 heteroatoms. The minimum atomic E-state index is -0.887. The van der Waals surface area contributed by atoms with Crippen molar-refractivity contribution in [1.29, 1.82) is 0 Å². The smallest absolute Gasteiger partial charge is 0.260 e. The molecular formula is C14H15N3O4S. The van der Waals surface area contributed by atoms with Gasteiger partial charge in [-0.3, -0.25) is 14.4 Å². The van der Waals surface area contributed by atoms with Gasteiger partial charge in [-0.2, -0.15) is 0 Å². The molecule has 3 rings (SSSR count). The highest BCUT2D eigenvalue weighted by Gasteiger charge is 2.34. The largest absolute Gasteiger partial charge is 0.477 e. The molecule has 0 aromatic heterocycles. The Morgan fingerprint density at radius 1 is 1.36 bits per heavy atom. The van der Waals surface area contributed by atoms with Gasteiger partial charge in [0, 0.05) is 0 Å². The summed E-state index contributed by atoms with van der Waals surface area (Å²) in [4.78, 5) is 38.6. The summed E-state index contributed by atoms with van der Waals surface area (Å²) >= 11 is 1.48. The molecule has 1 aromatic rings. The number of primary amides is 1. The van der Waals surface area contributed by atoms with Crippen LogP contribution >= 0.6 is 11.8 Å². The van der Waals surface area contributed by atoms with Gasteiger partial charge in [0.15, 0.2) is 6.10 Å². The number of amides is 3. The van der Waals surface area contributed by atoms with Gasteiger partial charge in [-0.05, 0) is 12.1 Å². The van der Waals surface area contributed by atoms with E-state index in [-0.39, 0.29) is 24.9 Å². The summed E-state index contributed by atoms with van der Waals surface area (Å²) in [5, 5.41) is 0. The summed E-state index contributed by atoms with van der Waals surface area (Å²) in [5.74, 6) is 0.421. The molecule has 0 unspecified atom stereocenters. The lowest BCUT2D eigenvalue weighted by molar-refractivity contribution is -0.132. The molecule has 1 atom stereocenters. The van der Waals surface area contributed by atoms with Gasteiger partial charge in [0.1, 0.15) is 12.3 Å². The van der Waals surface area contributed by atoms with Gasteiger partial charge in [-0.15, -0.1) is 11.8 Å². The minimum Gasteiger partial charge on any atom is -0.477 e. The van der Waals surface area contributed by atoms with Crippen LogP contribution in [0.2, 0.25) is 0 Å². The first-order valence-electron chi connectivity index (χ1n) is 6.77. The highest BCUT2D eigenvalue weighted by molar-refractivity contribution is 8.00. The molecule has 3 amide bonds. The minimum absolute atomic E-state index is 0.00828. The average molecular weight is 321 g/mol. The summed E-state index contributed by atoms with van der Waals surface area (Å²) in [5.41, 5.74) is 5.89. The van der Waals surface area contributed by atoms with E-state index in [1.165, 1.54) is 21.6 Å². The first-order chi connectivity index (χ1) is 10.6. The first kappa shape index (κ1) is 14.7. The molecule has 1 saturated heterocycles. The number of hydrogen-bond acceptors (Lipinski definition) is 5. The van der Waals surface area contributed by atoms with Gasteiger partial charge in [0.25, 0.3) is 5.91 Å². The van der Waals surface area contributed by atoms with Crippen molar-refractivity contribution >= 4 is 35.2 Å². The van der Waals surface area contributed by atoms with Gasteiger partial charge in [0.2, 0.25) is 11.8 Å². The van der Waals surface area contributed by atoms with E-state index in [4.69, 9.17) is 10.5 Å². The van der Waals surface area contributed by atoms with Crippen LogP contribution in [-0.2, 0) is 14.4 Å². The predicted molar refractivity (Wildman–Crippen MR) is 81.4 cm³/mol. The molecule has 0 saturated carbocycles. The number of ether oxygens (including phenoxy) is 1. The van der Waals surface area contributed by atoms with Gasteiger partial charge >= 0.3 is 0 Å². The number of nitrogens with two attached hydrogens (primary N) is 1. The van der Waals surface area contributed by atoms with Crippen molar-refractivity contribution in [2.45, 2.75) is 6.10 Å². The predicted octanol–water partition coefficient (Wildman–Crippen LogP) is -0.201. The van der Waals surface area contributed by atoms with Crippen LogP contribution in [0.25, 0.3) is 0 Å². The molecule has 2 aliphatic rings. The van der Waals surface area contributed by atoms with Crippen molar-refractivity contribution in [3.8, 4) is 5.75 Å². The molecule has 116 valence electrons. The quantitative estimate of drug-likeness (QED) is 0.832. The Kier molecular flexibility index (Phi) is 3.93. The molecule has 2 N–H and O–H groups in total.